The van der Waals surface area contributed by atoms with E-state index in [0.29, 0.717) is 43.0 Å². The number of hydrogen-bond acceptors (Lipinski definition) is 8. The maximum absolute atomic E-state index is 13.6. The van der Waals surface area contributed by atoms with Crippen molar-refractivity contribution in [3.8, 4) is 5.75 Å². The molecule has 1 amide bonds. The van der Waals surface area contributed by atoms with Crippen LogP contribution in [0.1, 0.15) is 87.2 Å². The topological polar surface area (TPSA) is 97.4 Å². The Morgan fingerprint density at radius 3 is 2.47 bits per heavy atom. The second-order valence-corrected chi connectivity index (χ2v) is 17.9. The second-order valence-electron chi connectivity index (χ2n) is 15.4. The van der Waals surface area contributed by atoms with Crippen LogP contribution in [0.15, 0.2) is 36.4 Å². The van der Waals surface area contributed by atoms with Crippen molar-refractivity contribution in [1.29, 1.82) is 0 Å². The van der Waals surface area contributed by atoms with Crippen LogP contribution in [0, 0.1) is 23.2 Å². The molecule has 1 aliphatic carbocycles. The van der Waals surface area contributed by atoms with Crippen molar-refractivity contribution in [2.45, 2.75) is 96.3 Å². The van der Waals surface area contributed by atoms with Crippen molar-refractivity contribution < 1.29 is 27.4 Å². The zero-order chi connectivity index (χ0) is 34.9. The number of rotatable bonds is 2. The van der Waals surface area contributed by atoms with Crippen molar-refractivity contribution in [1.82, 2.24) is 9.62 Å². The zero-order valence-electron chi connectivity index (χ0n) is 29.8. The molecule has 1 N–H and O–H groups in total. The highest BCUT2D eigenvalue weighted by Crippen LogP contribution is 2.53. The van der Waals surface area contributed by atoms with Gasteiger partial charge in [0.25, 0.3) is 5.91 Å². The normalized spacial score (nSPS) is 32.8. The van der Waals surface area contributed by atoms with Gasteiger partial charge in [0, 0.05) is 29.1 Å². The van der Waals surface area contributed by atoms with E-state index in [1.54, 1.807) is 13.0 Å². The van der Waals surface area contributed by atoms with E-state index in [1.807, 2.05) is 37.3 Å². The van der Waals surface area contributed by atoms with E-state index in [0.717, 1.165) is 80.7 Å². The molecule has 3 heterocycles. The number of aryl methyl sites for hydroxylation is 1. The van der Waals surface area contributed by atoms with Gasteiger partial charge in [0.1, 0.15) is 12.4 Å². The predicted molar refractivity (Wildman–Crippen MR) is 194 cm³/mol. The van der Waals surface area contributed by atoms with E-state index in [4.69, 9.17) is 25.8 Å². The van der Waals surface area contributed by atoms with Crippen molar-refractivity contribution >= 4 is 33.2 Å². The molecule has 4 aliphatic rings. The summed E-state index contributed by atoms with van der Waals surface area (Å²) in [6.07, 6.45) is 7.16. The lowest BCUT2D eigenvalue weighted by atomic mass is 9.57. The highest BCUT2D eigenvalue weighted by Gasteiger charge is 2.51. The molecule has 1 saturated carbocycles. The van der Waals surface area contributed by atoms with Crippen LogP contribution in [-0.4, -0.2) is 77.2 Å². The summed E-state index contributed by atoms with van der Waals surface area (Å²) in [5, 5.41) is -0.0139. The minimum Gasteiger partial charge on any atom is -0.487 e. The number of carbonyl (C=O) groups is 1. The van der Waals surface area contributed by atoms with Gasteiger partial charge in [-0.1, -0.05) is 37.9 Å². The molecular weight excluding hydrogens is 662 g/mol. The molecule has 5 atom stereocenters. The molecule has 0 spiro atoms. The summed E-state index contributed by atoms with van der Waals surface area (Å²) in [5.74, 6) is 0.704. The standard InChI is InChI=1S/C38H54ClN3O6S/c1-25-9-8-17-38(3,37-47-23-32(24-48-37)41(4)5)33-15-12-29(33)21-42-18-7-6-10-27-19-31(39)14-11-30(27)22-46-35-16-13-28(20-34(35)42)36(43)40-49(44,45)26(25)2/h11,13-14,16,19-20,25-26,29,32-33,37H,6-10,12,15,17-18,21-24H2,1-5H3,(H,40,43)/t25-,26+,29-,32?,33+,37?,38-/m0/s1. The number of nitrogens with one attached hydrogen (secondary N) is 1. The lowest BCUT2D eigenvalue weighted by Gasteiger charge is -2.54. The number of benzene rings is 2. The van der Waals surface area contributed by atoms with Crippen molar-refractivity contribution in [3.63, 3.8) is 0 Å². The molecule has 49 heavy (non-hydrogen) atoms. The van der Waals surface area contributed by atoms with Crippen LogP contribution in [0.5, 0.6) is 5.75 Å². The van der Waals surface area contributed by atoms with Gasteiger partial charge in [-0.25, -0.2) is 13.1 Å². The molecule has 2 bridgehead atoms. The Labute approximate surface area is 298 Å². The highest BCUT2D eigenvalue weighted by atomic mass is 35.5. The molecule has 270 valence electrons. The van der Waals surface area contributed by atoms with Crippen LogP contribution in [0.4, 0.5) is 5.69 Å². The number of hydrogen-bond donors (Lipinski definition) is 1. The first-order valence-corrected chi connectivity index (χ1v) is 20.0. The summed E-state index contributed by atoms with van der Waals surface area (Å²) in [6, 6.07) is 11.5. The molecule has 2 aromatic rings. The summed E-state index contributed by atoms with van der Waals surface area (Å²) in [6.45, 7) is 9.23. The number of likely N-dealkylation sites (N-methyl/N-ethyl adjacent to an activating group) is 1. The minimum atomic E-state index is -3.92. The van der Waals surface area contributed by atoms with Crippen LogP contribution >= 0.6 is 11.6 Å². The van der Waals surface area contributed by atoms with E-state index >= 15 is 0 Å². The van der Waals surface area contributed by atoms with Gasteiger partial charge in [-0.2, -0.15) is 0 Å². The van der Waals surface area contributed by atoms with Crippen molar-refractivity contribution in [3.05, 3.63) is 58.1 Å². The molecular formula is C38H54ClN3O6S. The van der Waals surface area contributed by atoms with Crippen LogP contribution in [0.3, 0.4) is 0 Å². The average Bonchev–Trinajstić information content (AvgIpc) is 3.08. The zero-order valence-corrected chi connectivity index (χ0v) is 31.3. The Bertz CT molecular complexity index is 1600. The number of ether oxygens (including phenoxy) is 3. The molecule has 0 aromatic heterocycles. The lowest BCUT2D eigenvalue weighted by molar-refractivity contribution is -0.272. The highest BCUT2D eigenvalue weighted by molar-refractivity contribution is 7.90. The number of anilines is 1. The van der Waals surface area contributed by atoms with E-state index in [2.05, 4.69) is 35.5 Å². The maximum Gasteiger partial charge on any atom is 0.264 e. The number of amides is 1. The number of sulfonamides is 1. The summed E-state index contributed by atoms with van der Waals surface area (Å²) in [7, 11) is 0.200. The van der Waals surface area contributed by atoms with Crippen LogP contribution in [-0.2, 0) is 32.5 Å². The fourth-order valence-corrected chi connectivity index (χ4v) is 9.80. The molecule has 3 aliphatic heterocycles. The third-order valence-corrected chi connectivity index (χ3v) is 14.2. The Balaban J connectivity index is 1.37. The maximum atomic E-state index is 13.6. The quantitative estimate of drug-likeness (QED) is 0.369. The molecule has 2 fully saturated rings. The first-order chi connectivity index (χ1) is 23.4. The van der Waals surface area contributed by atoms with Gasteiger partial charge in [-0.15, -0.1) is 0 Å². The summed E-state index contributed by atoms with van der Waals surface area (Å²) in [5.41, 5.74) is 3.18. The monoisotopic (exact) mass is 715 g/mol. The summed E-state index contributed by atoms with van der Waals surface area (Å²) >= 11 is 6.38. The van der Waals surface area contributed by atoms with E-state index in [1.165, 1.54) is 5.56 Å². The van der Waals surface area contributed by atoms with E-state index in [-0.39, 0.29) is 23.7 Å². The molecule has 6 rings (SSSR count). The van der Waals surface area contributed by atoms with Gasteiger partial charge in [0.05, 0.1) is 30.2 Å². The average molecular weight is 716 g/mol. The Kier molecular flexibility index (Phi) is 11.2. The Morgan fingerprint density at radius 2 is 1.76 bits per heavy atom. The van der Waals surface area contributed by atoms with E-state index < -0.39 is 21.2 Å². The molecule has 2 aromatic carbocycles. The van der Waals surface area contributed by atoms with Crippen molar-refractivity contribution in [2.24, 2.45) is 23.2 Å². The number of fused-ring (bicyclic) bond motifs is 3. The van der Waals surface area contributed by atoms with Crippen molar-refractivity contribution in [2.75, 3.05) is 45.3 Å². The summed E-state index contributed by atoms with van der Waals surface area (Å²) in [4.78, 5) is 18.1. The lowest BCUT2D eigenvalue weighted by Crippen LogP contribution is -2.55. The SMILES string of the molecule is C[C@@H]1[C@@H](C)CCC[C@](C)(C2OCC(N(C)C)CO2)[C@@H]2CC[C@H]2CN2CCCCc3cc(Cl)ccc3COc3ccc(cc32)C(=O)NS1(=O)=O. The summed E-state index contributed by atoms with van der Waals surface area (Å²) < 4.78 is 49.0. The molecule has 0 radical (unpaired) electrons. The third kappa shape index (κ3) is 7.93. The fraction of sp³-hybridized carbons (Fsp3) is 0.658. The van der Waals surface area contributed by atoms with Gasteiger partial charge >= 0.3 is 0 Å². The third-order valence-electron chi connectivity index (χ3n) is 12.0. The van der Waals surface area contributed by atoms with Gasteiger partial charge in [-0.05, 0) is 125 Å². The molecule has 0 unspecified atom stereocenters. The van der Waals surface area contributed by atoms with E-state index in [9.17, 15) is 13.2 Å². The molecule has 9 nitrogen and oxygen atoms in total. The Hall–Kier alpha value is -2.37. The smallest absolute Gasteiger partial charge is 0.264 e. The largest absolute Gasteiger partial charge is 0.487 e. The number of nitrogens with zero attached hydrogens (tertiary/aromatic N) is 2. The molecule has 11 heteroatoms. The van der Waals surface area contributed by atoms with Crippen LogP contribution < -0.4 is 14.4 Å². The number of halogens is 1. The second kappa shape index (κ2) is 15.1. The van der Waals surface area contributed by atoms with Gasteiger partial charge in [-0.3, -0.25) is 4.79 Å². The van der Waals surface area contributed by atoms with Gasteiger partial charge in [0.2, 0.25) is 10.0 Å². The molecule has 1 saturated heterocycles. The predicted octanol–water partition coefficient (Wildman–Crippen LogP) is 6.67. The van der Waals surface area contributed by atoms with Crippen LogP contribution in [0.25, 0.3) is 0 Å². The number of carbonyl (C=O) groups excluding carboxylic acids is 1. The Morgan fingerprint density at radius 1 is 0.980 bits per heavy atom. The van der Waals surface area contributed by atoms with Gasteiger partial charge in [0.15, 0.2) is 6.29 Å². The van der Waals surface area contributed by atoms with Crippen LogP contribution in [0.2, 0.25) is 5.02 Å². The first kappa shape index (κ1) is 36.4. The van der Waals surface area contributed by atoms with Gasteiger partial charge < -0.3 is 24.0 Å². The first-order valence-electron chi connectivity index (χ1n) is 18.1. The fourth-order valence-electron chi connectivity index (χ4n) is 8.30. The minimum absolute atomic E-state index is 0.139.